The molecule has 21 heavy (non-hydrogen) atoms. The highest BCUT2D eigenvalue weighted by Gasteiger charge is 2.13. The molecule has 1 atom stereocenters. The molecule has 0 aliphatic heterocycles. The van der Waals surface area contributed by atoms with Crippen molar-refractivity contribution in [2.24, 2.45) is 0 Å². The third-order valence-electron chi connectivity index (χ3n) is 3.07. The zero-order valence-corrected chi connectivity index (χ0v) is 12.8. The highest BCUT2D eigenvalue weighted by atomic mass is 35.5. The Morgan fingerprint density at radius 3 is 2.67 bits per heavy atom. The second-order valence-corrected chi connectivity index (χ2v) is 5.23. The highest BCUT2D eigenvalue weighted by Crippen LogP contribution is 2.17. The Hall–Kier alpha value is -1.94. The third-order valence-corrected chi connectivity index (χ3v) is 3.32. The number of furan rings is 1. The summed E-state index contributed by atoms with van der Waals surface area (Å²) in [4.78, 5) is 11.9. The average Bonchev–Trinajstić information content (AvgIpc) is 2.95. The summed E-state index contributed by atoms with van der Waals surface area (Å²) in [7, 11) is 0. The Morgan fingerprint density at radius 2 is 2.00 bits per heavy atom. The molecule has 1 aromatic heterocycles. The van der Waals surface area contributed by atoms with Gasteiger partial charge in [-0.3, -0.25) is 4.79 Å². The Balaban J connectivity index is 1.91. The van der Waals surface area contributed by atoms with Gasteiger partial charge in [0.15, 0.2) is 5.76 Å². The molecule has 1 aromatic carbocycles. The van der Waals surface area contributed by atoms with Crippen molar-refractivity contribution in [2.75, 3.05) is 0 Å². The third kappa shape index (κ3) is 4.53. The van der Waals surface area contributed by atoms with Gasteiger partial charge in [-0.15, -0.1) is 0 Å². The van der Waals surface area contributed by atoms with E-state index in [4.69, 9.17) is 20.8 Å². The van der Waals surface area contributed by atoms with Crippen molar-refractivity contribution in [3.8, 4) is 5.75 Å². The van der Waals surface area contributed by atoms with Crippen LogP contribution in [0.5, 0.6) is 5.75 Å². The molecule has 0 fully saturated rings. The summed E-state index contributed by atoms with van der Waals surface area (Å²) in [6.07, 6.45) is 0.874. The molecule has 0 aliphatic rings. The molecule has 112 valence electrons. The first-order chi connectivity index (χ1) is 10.1. The van der Waals surface area contributed by atoms with E-state index in [0.29, 0.717) is 22.3 Å². The van der Waals surface area contributed by atoms with E-state index >= 15 is 0 Å². The molecular formula is C16H18ClNO3. The first kappa shape index (κ1) is 15.4. The van der Waals surface area contributed by atoms with Gasteiger partial charge in [0, 0.05) is 11.1 Å². The molecule has 2 rings (SSSR count). The predicted molar refractivity (Wildman–Crippen MR) is 81.7 cm³/mol. The van der Waals surface area contributed by atoms with Crippen molar-refractivity contribution < 1.29 is 13.9 Å². The number of ether oxygens (including phenoxy) is 1. The lowest BCUT2D eigenvalue weighted by Crippen LogP contribution is -2.31. The largest absolute Gasteiger partial charge is 0.486 e. The minimum absolute atomic E-state index is 0.122. The molecular weight excluding hydrogens is 290 g/mol. The molecule has 0 bridgehead atoms. The maximum Gasteiger partial charge on any atom is 0.287 e. The van der Waals surface area contributed by atoms with Crippen molar-refractivity contribution in [2.45, 2.75) is 32.9 Å². The summed E-state index contributed by atoms with van der Waals surface area (Å²) in [5.41, 5.74) is 0. The van der Waals surface area contributed by atoms with E-state index in [2.05, 4.69) is 5.32 Å². The summed E-state index contributed by atoms with van der Waals surface area (Å²) >= 11 is 5.80. The van der Waals surface area contributed by atoms with Crippen LogP contribution in [0.15, 0.2) is 40.8 Å². The number of amides is 1. The molecule has 0 saturated heterocycles. The van der Waals surface area contributed by atoms with Crippen LogP contribution in [-0.2, 0) is 6.61 Å². The van der Waals surface area contributed by atoms with Crippen molar-refractivity contribution in [1.29, 1.82) is 0 Å². The van der Waals surface area contributed by atoms with Crippen LogP contribution in [0.1, 0.15) is 36.6 Å². The molecule has 0 unspecified atom stereocenters. The van der Waals surface area contributed by atoms with Gasteiger partial charge in [-0.05, 0) is 49.7 Å². The summed E-state index contributed by atoms with van der Waals surface area (Å²) < 4.78 is 11.0. The molecule has 0 saturated carbocycles. The van der Waals surface area contributed by atoms with Crippen LogP contribution < -0.4 is 10.1 Å². The molecule has 1 amide bonds. The van der Waals surface area contributed by atoms with E-state index in [1.165, 1.54) is 0 Å². The number of carbonyl (C=O) groups excluding carboxylic acids is 1. The fraction of sp³-hybridized carbons (Fsp3) is 0.312. The van der Waals surface area contributed by atoms with Gasteiger partial charge < -0.3 is 14.5 Å². The van der Waals surface area contributed by atoms with Gasteiger partial charge in [-0.1, -0.05) is 18.5 Å². The van der Waals surface area contributed by atoms with Gasteiger partial charge in [0.05, 0.1) is 0 Å². The highest BCUT2D eigenvalue weighted by molar-refractivity contribution is 6.30. The number of carbonyl (C=O) groups is 1. The summed E-state index contributed by atoms with van der Waals surface area (Å²) in [5, 5.41) is 3.51. The quantitative estimate of drug-likeness (QED) is 0.876. The zero-order valence-electron chi connectivity index (χ0n) is 12.1. The first-order valence-electron chi connectivity index (χ1n) is 6.86. The molecule has 5 heteroatoms. The van der Waals surface area contributed by atoms with E-state index in [1.807, 2.05) is 13.8 Å². The van der Waals surface area contributed by atoms with Crippen LogP contribution in [0, 0.1) is 0 Å². The number of benzene rings is 1. The number of halogens is 1. The predicted octanol–water partition coefficient (Wildman–Crippen LogP) is 4.04. The maximum absolute atomic E-state index is 11.9. The maximum atomic E-state index is 11.9. The Morgan fingerprint density at radius 1 is 1.29 bits per heavy atom. The second kappa shape index (κ2) is 7.18. The van der Waals surface area contributed by atoms with Crippen LogP contribution in [0.25, 0.3) is 0 Å². The summed E-state index contributed by atoms with van der Waals surface area (Å²) in [6, 6.07) is 10.6. The van der Waals surface area contributed by atoms with Crippen LogP contribution in [0.2, 0.25) is 5.02 Å². The van der Waals surface area contributed by atoms with Gasteiger partial charge in [0.25, 0.3) is 5.91 Å². The fourth-order valence-corrected chi connectivity index (χ4v) is 1.79. The number of hydrogen-bond donors (Lipinski definition) is 1. The molecule has 4 nitrogen and oxygen atoms in total. The van der Waals surface area contributed by atoms with Crippen LogP contribution in [0.3, 0.4) is 0 Å². The van der Waals surface area contributed by atoms with Gasteiger partial charge in [-0.2, -0.15) is 0 Å². The molecule has 1 N–H and O–H groups in total. The smallest absolute Gasteiger partial charge is 0.287 e. The molecule has 0 aliphatic carbocycles. The summed E-state index contributed by atoms with van der Waals surface area (Å²) in [6.45, 7) is 4.22. The van der Waals surface area contributed by atoms with E-state index in [-0.39, 0.29) is 18.6 Å². The minimum Gasteiger partial charge on any atom is -0.486 e. The number of hydrogen-bond acceptors (Lipinski definition) is 3. The monoisotopic (exact) mass is 307 g/mol. The number of nitrogens with one attached hydrogen (secondary N) is 1. The van der Waals surface area contributed by atoms with Crippen LogP contribution >= 0.6 is 11.6 Å². The van der Waals surface area contributed by atoms with Crippen LogP contribution in [0.4, 0.5) is 0 Å². The second-order valence-electron chi connectivity index (χ2n) is 4.79. The average molecular weight is 308 g/mol. The molecule has 0 radical (unpaired) electrons. The lowest BCUT2D eigenvalue weighted by molar-refractivity contribution is 0.0907. The lowest BCUT2D eigenvalue weighted by atomic mass is 10.2. The van der Waals surface area contributed by atoms with E-state index in [9.17, 15) is 4.79 Å². The number of rotatable bonds is 6. The molecule has 0 spiro atoms. The standard InChI is InChI=1S/C16H18ClNO3/c1-3-11(2)18-16(19)15-9-8-14(21-15)10-20-13-6-4-12(17)5-7-13/h4-9,11H,3,10H2,1-2H3,(H,18,19)/t11-/m1/s1. The van der Waals surface area contributed by atoms with Gasteiger partial charge in [0.2, 0.25) is 0 Å². The van der Waals surface area contributed by atoms with Gasteiger partial charge >= 0.3 is 0 Å². The topological polar surface area (TPSA) is 51.5 Å². The Labute approximate surface area is 129 Å². The fourth-order valence-electron chi connectivity index (χ4n) is 1.66. The van der Waals surface area contributed by atoms with E-state index in [1.54, 1.807) is 36.4 Å². The van der Waals surface area contributed by atoms with Gasteiger partial charge in [-0.25, -0.2) is 0 Å². The Kier molecular flexibility index (Phi) is 5.28. The summed E-state index contributed by atoms with van der Waals surface area (Å²) in [5.74, 6) is 1.38. The lowest BCUT2D eigenvalue weighted by Gasteiger charge is -2.09. The SMILES string of the molecule is CC[C@@H](C)NC(=O)c1ccc(COc2ccc(Cl)cc2)o1. The normalized spacial score (nSPS) is 12.0. The van der Waals surface area contributed by atoms with Crippen molar-refractivity contribution >= 4 is 17.5 Å². The van der Waals surface area contributed by atoms with Crippen LogP contribution in [-0.4, -0.2) is 11.9 Å². The zero-order chi connectivity index (χ0) is 15.2. The first-order valence-corrected chi connectivity index (χ1v) is 7.24. The van der Waals surface area contributed by atoms with Crippen molar-refractivity contribution in [1.82, 2.24) is 5.32 Å². The minimum atomic E-state index is -0.206. The van der Waals surface area contributed by atoms with Crippen molar-refractivity contribution in [3.05, 3.63) is 52.9 Å². The van der Waals surface area contributed by atoms with Gasteiger partial charge in [0.1, 0.15) is 18.1 Å². The Bertz CT molecular complexity index is 592. The van der Waals surface area contributed by atoms with E-state index < -0.39 is 0 Å². The van der Waals surface area contributed by atoms with E-state index in [0.717, 1.165) is 6.42 Å². The molecule has 2 aromatic rings. The molecule has 1 heterocycles. The van der Waals surface area contributed by atoms with Crippen molar-refractivity contribution in [3.63, 3.8) is 0 Å².